The molecule has 2 N–H and O–H groups in total. The number of likely N-dealkylation sites (tertiary alicyclic amines) is 1. The van der Waals surface area contributed by atoms with Gasteiger partial charge in [0.25, 0.3) is 5.91 Å². The highest BCUT2D eigenvalue weighted by Crippen LogP contribution is 2.27. The van der Waals surface area contributed by atoms with E-state index in [1.165, 1.54) is 21.6 Å². The normalized spacial score (nSPS) is 18.2. The first kappa shape index (κ1) is 31.5. The average Bonchev–Trinajstić information content (AvgIpc) is 3.37. The number of carboxylic acids is 1. The maximum Gasteiger partial charge on any atom is 0.430 e. The van der Waals surface area contributed by atoms with E-state index in [0.29, 0.717) is 5.02 Å². The van der Waals surface area contributed by atoms with Gasteiger partial charge in [-0.3, -0.25) is 4.79 Å². The SMILES string of the molecule is C[C@@H](NC(=O)C1CCC[NH+]1Cc1ccccc1)[C@H](Cc1ccc(Cl)cc1)c1ccc(Cl)cc1.O=C([O-])C(F)(F)F. The quantitative estimate of drug-likeness (QED) is 0.407. The smallest absolute Gasteiger partial charge is 0.430 e. The molecule has 0 aliphatic carbocycles. The van der Waals surface area contributed by atoms with Crippen LogP contribution < -0.4 is 15.3 Å². The minimum absolute atomic E-state index is 0.00550. The molecule has 2 unspecified atom stereocenters. The third-order valence-electron chi connectivity index (χ3n) is 6.95. The second-order valence-electron chi connectivity index (χ2n) is 9.84. The fraction of sp³-hybridized carbons (Fsp3) is 0.333. The van der Waals surface area contributed by atoms with E-state index in [9.17, 15) is 18.0 Å². The van der Waals surface area contributed by atoms with Crippen LogP contribution in [0.4, 0.5) is 13.2 Å². The molecule has 3 aromatic carbocycles. The summed E-state index contributed by atoms with van der Waals surface area (Å²) in [6.45, 7) is 4.03. The molecule has 0 aromatic heterocycles. The number of carbonyl (C=O) groups excluding carboxylic acids is 2. The molecule has 4 atom stereocenters. The third kappa shape index (κ3) is 9.54. The Morgan fingerprint density at radius 2 is 1.50 bits per heavy atom. The summed E-state index contributed by atoms with van der Waals surface area (Å²) in [5.74, 6) is -2.72. The molecule has 214 valence electrons. The van der Waals surface area contributed by atoms with Crippen LogP contribution in [0.3, 0.4) is 0 Å². The zero-order valence-corrected chi connectivity index (χ0v) is 23.4. The number of nitrogens with one attached hydrogen (secondary N) is 2. The average molecular weight is 595 g/mol. The van der Waals surface area contributed by atoms with Crippen LogP contribution >= 0.6 is 23.2 Å². The van der Waals surface area contributed by atoms with Gasteiger partial charge in [0.2, 0.25) is 0 Å². The van der Waals surface area contributed by atoms with Crippen LogP contribution in [-0.2, 0) is 22.6 Å². The summed E-state index contributed by atoms with van der Waals surface area (Å²) < 4.78 is 31.5. The predicted octanol–water partition coefficient (Wildman–Crippen LogP) is 4.37. The molecule has 0 spiro atoms. The summed E-state index contributed by atoms with van der Waals surface area (Å²) in [6, 6.07) is 26.3. The number of hydrogen-bond acceptors (Lipinski definition) is 3. The van der Waals surface area contributed by atoms with Gasteiger partial charge in [-0.2, -0.15) is 13.2 Å². The van der Waals surface area contributed by atoms with Crippen LogP contribution in [0.1, 0.15) is 42.4 Å². The lowest BCUT2D eigenvalue weighted by atomic mass is 9.86. The second-order valence-corrected chi connectivity index (χ2v) is 10.7. The number of hydrogen-bond donors (Lipinski definition) is 2. The van der Waals surface area contributed by atoms with Crippen molar-refractivity contribution in [2.24, 2.45) is 0 Å². The lowest BCUT2D eigenvalue weighted by molar-refractivity contribution is -0.916. The summed E-state index contributed by atoms with van der Waals surface area (Å²) in [5.41, 5.74) is 3.64. The van der Waals surface area contributed by atoms with E-state index in [2.05, 4.69) is 60.8 Å². The second kappa shape index (κ2) is 14.5. The summed E-state index contributed by atoms with van der Waals surface area (Å²) in [7, 11) is 0. The first-order chi connectivity index (χ1) is 18.9. The van der Waals surface area contributed by atoms with Crippen LogP contribution in [0, 0.1) is 0 Å². The van der Waals surface area contributed by atoms with E-state index in [1.54, 1.807) is 0 Å². The largest absolute Gasteiger partial charge is 0.542 e. The van der Waals surface area contributed by atoms with Crippen LogP contribution in [-0.4, -0.2) is 36.7 Å². The van der Waals surface area contributed by atoms with E-state index in [0.717, 1.165) is 37.4 Å². The maximum absolute atomic E-state index is 13.4. The number of amides is 1. The minimum Gasteiger partial charge on any atom is -0.542 e. The van der Waals surface area contributed by atoms with Crippen molar-refractivity contribution in [3.63, 3.8) is 0 Å². The fourth-order valence-corrected chi connectivity index (χ4v) is 5.14. The molecule has 10 heteroatoms. The van der Waals surface area contributed by atoms with Gasteiger partial charge in [0.1, 0.15) is 12.5 Å². The standard InChI is InChI=1S/C28H30Cl2N2O.C2HF3O2/c1-20(31-28(33)27-8-5-17-32(27)19-22-6-3-2-4-7-22)26(23-11-15-25(30)16-12-23)18-21-9-13-24(29)14-10-21;3-2(4,5)1(6)7/h2-4,6-7,9-16,20,26-27H,5,8,17-19H2,1H3,(H,31,33);(H,6,7)/t20-,26+,27?;/m1./s1. The van der Waals surface area contributed by atoms with E-state index >= 15 is 0 Å². The zero-order valence-electron chi connectivity index (χ0n) is 21.9. The molecule has 40 heavy (non-hydrogen) atoms. The van der Waals surface area contributed by atoms with Crippen molar-refractivity contribution in [3.8, 4) is 0 Å². The van der Waals surface area contributed by atoms with Gasteiger partial charge in [-0.05, 0) is 48.7 Å². The Kier molecular flexibility index (Phi) is 11.4. The van der Waals surface area contributed by atoms with Gasteiger partial charge in [-0.1, -0.05) is 77.8 Å². The number of benzene rings is 3. The monoisotopic (exact) mass is 594 g/mol. The van der Waals surface area contributed by atoms with Crippen LogP contribution in [0.25, 0.3) is 0 Å². The zero-order chi connectivity index (χ0) is 29.3. The van der Waals surface area contributed by atoms with Crippen LogP contribution in [0.15, 0.2) is 78.9 Å². The third-order valence-corrected chi connectivity index (χ3v) is 7.45. The lowest BCUT2D eigenvalue weighted by Gasteiger charge is -2.28. The molecule has 1 heterocycles. The Balaban J connectivity index is 0.000000559. The molecule has 1 aliphatic heterocycles. The fourth-order valence-electron chi connectivity index (χ4n) is 4.89. The van der Waals surface area contributed by atoms with Gasteiger partial charge >= 0.3 is 6.18 Å². The van der Waals surface area contributed by atoms with Crippen molar-refractivity contribution in [3.05, 3.63) is 106 Å². The van der Waals surface area contributed by atoms with Crippen molar-refractivity contribution in [2.45, 2.75) is 56.9 Å². The molecule has 0 saturated carbocycles. The molecular formula is C30H31Cl2F3N2O3. The number of rotatable bonds is 8. The highest BCUT2D eigenvalue weighted by Gasteiger charge is 2.36. The first-order valence-electron chi connectivity index (χ1n) is 12.9. The highest BCUT2D eigenvalue weighted by atomic mass is 35.5. The van der Waals surface area contributed by atoms with E-state index < -0.39 is 12.1 Å². The molecule has 0 radical (unpaired) electrons. The number of quaternary nitrogens is 1. The molecule has 5 nitrogen and oxygen atoms in total. The Hall–Kier alpha value is -3.07. The molecule has 1 saturated heterocycles. The first-order valence-corrected chi connectivity index (χ1v) is 13.7. The van der Waals surface area contributed by atoms with Gasteiger partial charge in [-0.15, -0.1) is 0 Å². The van der Waals surface area contributed by atoms with Crippen molar-refractivity contribution >= 4 is 35.1 Å². The molecule has 4 rings (SSSR count). The van der Waals surface area contributed by atoms with Crippen LogP contribution in [0.2, 0.25) is 10.0 Å². The number of carbonyl (C=O) groups is 2. The maximum atomic E-state index is 13.4. The molecule has 3 aromatic rings. The molecular weight excluding hydrogens is 564 g/mol. The Morgan fingerprint density at radius 1 is 0.950 bits per heavy atom. The van der Waals surface area contributed by atoms with Gasteiger partial charge in [-0.25, -0.2) is 0 Å². The van der Waals surface area contributed by atoms with E-state index in [1.807, 2.05) is 30.3 Å². The highest BCUT2D eigenvalue weighted by molar-refractivity contribution is 6.30. The number of carboxylic acid groups (broad SMARTS) is 1. The van der Waals surface area contributed by atoms with E-state index in [-0.39, 0.29) is 23.9 Å². The number of aliphatic carboxylic acids is 1. The Labute approximate surface area is 241 Å². The Morgan fingerprint density at radius 3 is 2.05 bits per heavy atom. The predicted molar refractivity (Wildman–Crippen MR) is 147 cm³/mol. The molecule has 1 amide bonds. The summed E-state index contributed by atoms with van der Waals surface area (Å²) in [6.07, 6.45) is -2.37. The minimum atomic E-state index is -5.19. The van der Waals surface area contributed by atoms with Gasteiger partial charge in [0.05, 0.1) is 6.54 Å². The lowest BCUT2D eigenvalue weighted by Crippen LogP contribution is -3.13. The number of alkyl halides is 3. The van der Waals surface area contributed by atoms with Gasteiger partial charge < -0.3 is 20.1 Å². The Bertz CT molecular complexity index is 1240. The molecule has 0 bridgehead atoms. The van der Waals surface area contributed by atoms with Crippen molar-refractivity contribution in [1.82, 2.24) is 5.32 Å². The van der Waals surface area contributed by atoms with Crippen molar-refractivity contribution in [2.75, 3.05) is 6.54 Å². The van der Waals surface area contributed by atoms with Crippen molar-refractivity contribution < 1.29 is 32.8 Å². The van der Waals surface area contributed by atoms with E-state index in [4.69, 9.17) is 33.1 Å². The summed E-state index contributed by atoms with van der Waals surface area (Å²) in [5, 5.41) is 13.6. The van der Waals surface area contributed by atoms with Gasteiger partial charge in [0.15, 0.2) is 6.04 Å². The van der Waals surface area contributed by atoms with Gasteiger partial charge in [0, 0.05) is 40.4 Å². The topological polar surface area (TPSA) is 73.7 Å². The summed E-state index contributed by atoms with van der Waals surface area (Å²) >= 11 is 12.2. The van der Waals surface area contributed by atoms with Crippen LogP contribution in [0.5, 0.6) is 0 Å². The number of halogens is 5. The summed E-state index contributed by atoms with van der Waals surface area (Å²) in [4.78, 5) is 23.5. The molecule has 1 fully saturated rings. The van der Waals surface area contributed by atoms with Crippen molar-refractivity contribution in [1.29, 1.82) is 0 Å². The molecule has 1 aliphatic rings.